The Bertz CT molecular complexity index is 2140. The second-order valence-electron chi connectivity index (χ2n) is 14.0. The Morgan fingerprint density at radius 1 is 0.961 bits per heavy atom. The van der Waals surface area contributed by atoms with Crippen LogP contribution in [0.25, 0.3) is 16.5 Å². The molecule has 4 aromatic carbocycles. The second-order valence-corrected chi connectivity index (χ2v) is 17.8. The first-order valence-electron chi connectivity index (χ1n) is 17.3. The number of amides is 2. The van der Waals surface area contributed by atoms with Gasteiger partial charge < -0.3 is 23.8 Å². The molecule has 7 rings (SSSR count). The number of aliphatic hydroxyl groups excluding tert-OH is 1. The number of aliphatic hydroxyl groups is 1. The molecule has 2 amide bonds. The first kappa shape index (κ1) is 34.5. The molecule has 1 spiro atoms. The molecule has 11 heteroatoms. The summed E-state index contributed by atoms with van der Waals surface area (Å²) in [4.78, 5) is 45.8. The number of hydrogen-bond donors (Lipinski definition) is 1. The van der Waals surface area contributed by atoms with Gasteiger partial charge in [-0.3, -0.25) is 14.4 Å². The number of fused-ring (bicyclic) bond motifs is 3. The lowest BCUT2D eigenvalue weighted by molar-refractivity contribution is -0.150. The Balaban J connectivity index is 1.32. The molecule has 1 fully saturated rings. The van der Waals surface area contributed by atoms with Gasteiger partial charge in [0.2, 0.25) is 14.3 Å². The maximum absolute atomic E-state index is 16.6. The lowest BCUT2D eigenvalue weighted by Gasteiger charge is -2.31. The first-order chi connectivity index (χ1) is 24.5. The molecular weight excluding hydrogens is 664 g/mol. The molecule has 1 saturated heterocycles. The third-order valence-electron chi connectivity index (χ3n) is 10.4. The molecule has 1 aromatic heterocycles. The van der Waals surface area contributed by atoms with Crippen molar-refractivity contribution < 1.29 is 23.5 Å². The van der Waals surface area contributed by atoms with Crippen molar-refractivity contribution in [3.63, 3.8) is 0 Å². The Morgan fingerprint density at radius 3 is 2.31 bits per heavy atom. The number of hydrogen-bond acceptors (Lipinski definition) is 6. The van der Waals surface area contributed by atoms with Gasteiger partial charge in [0, 0.05) is 35.5 Å². The number of rotatable bonds is 10. The fraction of sp³-hybridized carbons (Fsp3) is 0.300. The Hall–Kier alpha value is -4.97. The summed E-state index contributed by atoms with van der Waals surface area (Å²) in [7, 11) is -3.59. The van der Waals surface area contributed by atoms with Crippen LogP contribution in [0, 0.1) is 5.92 Å². The van der Waals surface area contributed by atoms with Gasteiger partial charge in [-0.05, 0) is 48.5 Å². The lowest BCUT2D eigenvalue weighted by Crippen LogP contribution is -2.45. The average Bonchev–Trinajstić information content (AvgIpc) is 3.55. The number of anilines is 1. The SMILES string of the molecule is C[C@H]1[C@H]([Si](C)(C)F)[C@@H](CC(=O)N(CCO)Cc2ccccc2)O[C@]12C(=O)N(Cc1ccccc1)c1ccc(-n3ncc4ccccc4c3=O)cc12. The molecule has 5 aromatic rings. The van der Waals surface area contributed by atoms with Crippen molar-refractivity contribution >= 4 is 36.7 Å². The molecule has 2 aliphatic heterocycles. The molecule has 1 N–H and O–H groups in total. The van der Waals surface area contributed by atoms with Crippen LogP contribution < -0.4 is 10.5 Å². The molecular formula is C40H41FN4O5Si. The maximum Gasteiger partial charge on any atom is 0.279 e. The van der Waals surface area contributed by atoms with Crippen LogP contribution in [0.1, 0.15) is 30.0 Å². The summed E-state index contributed by atoms with van der Waals surface area (Å²) in [5, 5.41) is 15.5. The first-order valence-corrected chi connectivity index (χ1v) is 20.3. The van der Waals surface area contributed by atoms with E-state index in [4.69, 9.17) is 4.74 Å². The highest BCUT2D eigenvalue weighted by atomic mass is 28.4. The Labute approximate surface area is 297 Å². The predicted molar refractivity (Wildman–Crippen MR) is 197 cm³/mol. The van der Waals surface area contributed by atoms with Crippen molar-refractivity contribution in [3.05, 3.63) is 136 Å². The van der Waals surface area contributed by atoms with Gasteiger partial charge in [0.25, 0.3) is 11.5 Å². The van der Waals surface area contributed by atoms with E-state index in [-0.39, 0.29) is 50.0 Å². The van der Waals surface area contributed by atoms with Gasteiger partial charge >= 0.3 is 0 Å². The number of carbonyl (C=O) groups is 2. The predicted octanol–water partition coefficient (Wildman–Crippen LogP) is 6.12. The largest absolute Gasteiger partial charge is 0.395 e. The van der Waals surface area contributed by atoms with Gasteiger partial charge in [-0.25, -0.2) is 0 Å². The highest BCUT2D eigenvalue weighted by Crippen LogP contribution is 2.60. The molecule has 262 valence electrons. The minimum atomic E-state index is -3.59. The summed E-state index contributed by atoms with van der Waals surface area (Å²) < 4.78 is 24.8. The zero-order valence-electron chi connectivity index (χ0n) is 28.9. The van der Waals surface area contributed by atoms with E-state index in [0.29, 0.717) is 27.7 Å². The minimum absolute atomic E-state index is 0.103. The molecule has 0 unspecified atom stereocenters. The van der Waals surface area contributed by atoms with E-state index in [2.05, 4.69) is 5.10 Å². The van der Waals surface area contributed by atoms with Gasteiger partial charge in [0.05, 0.1) is 48.6 Å². The van der Waals surface area contributed by atoms with E-state index in [1.54, 1.807) is 59.4 Å². The lowest BCUT2D eigenvalue weighted by atomic mass is 9.82. The summed E-state index contributed by atoms with van der Waals surface area (Å²) in [6.07, 6.45) is 0.565. The van der Waals surface area contributed by atoms with E-state index in [1.165, 1.54) is 4.68 Å². The second kappa shape index (κ2) is 13.6. The molecule has 0 aliphatic carbocycles. The van der Waals surface area contributed by atoms with Crippen LogP contribution in [-0.4, -0.2) is 59.3 Å². The van der Waals surface area contributed by atoms with Crippen LogP contribution in [0.2, 0.25) is 18.6 Å². The zero-order valence-corrected chi connectivity index (χ0v) is 29.9. The molecule has 3 heterocycles. The molecule has 9 nitrogen and oxygen atoms in total. The van der Waals surface area contributed by atoms with E-state index in [0.717, 1.165) is 11.1 Å². The van der Waals surface area contributed by atoms with Gasteiger partial charge in [0.1, 0.15) is 0 Å². The molecule has 2 aliphatic rings. The van der Waals surface area contributed by atoms with Crippen LogP contribution in [0.4, 0.5) is 9.80 Å². The molecule has 0 radical (unpaired) electrons. The standard InChI is InChI=1S/C40H41FN4O5Si/c1-27-37(51(2,3)41)35(23-36(47)43(20-21-46)25-28-12-6-4-7-13-28)50-40(27)33-22-31(45-38(48)32-17-11-10-16-30(32)24-42-45)18-19-34(33)44(39(40)49)26-29-14-8-5-9-15-29/h4-19,22,24,27,35,37,46H,20-21,23,25-26H2,1-3H3/t27-,35+,37-,40+/m0/s1. The van der Waals surface area contributed by atoms with Gasteiger partial charge in [0.15, 0.2) is 5.60 Å². The number of ether oxygens (including phenoxy) is 1. The van der Waals surface area contributed by atoms with Crippen molar-refractivity contribution in [1.82, 2.24) is 14.7 Å². The molecule has 4 atom stereocenters. The topological polar surface area (TPSA) is 105 Å². The third-order valence-corrected chi connectivity index (χ3v) is 12.8. The fourth-order valence-electron chi connectivity index (χ4n) is 8.08. The zero-order chi connectivity index (χ0) is 35.9. The van der Waals surface area contributed by atoms with Crippen LogP contribution in [-0.2, 0) is 33.0 Å². The van der Waals surface area contributed by atoms with E-state index >= 15 is 4.11 Å². The van der Waals surface area contributed by atoms with Gasteiger partial charge in [-0.2, -0.15) is 9.78 Å². The number of aromatic nitrogens is 2. The smallest absolute Gasteiger partial charge is 0.279 e. The van der Waals surface area contributed by atoms with Crippen molar-refractivity contribution in [3.8, 4) is 5.69 Å². The number of benzene rings is 4. The van der Waals surface area contributed by atoms with E-state index < -0.39 is 31.6 Å². The number of halogens is 1. The minimum Gasteiger partial charge on any atom is -0.395 e. The van der Waals surface area contributed by atoms with E-state index in [9.17, 15) is 19.5 Å². The van der Waals surface area contributed by atoms with Crippen molar-refractivity contribution in [2.24, 2.45) is 5.92 Å². The molecule has 51 heavy (non-hydrogen) atoms. The summed E-state index contributed by atoms with van der Waals surface area (Å²) in [6, 6.07) is 31.6. The summed E-state index contributed by atoms with van der Waals surface area (Å²) in [5.41, 5.74) is 0.720. The number of nitrogens with zero attached hydrogens (tertiary/aromatic N) is 4. The highest BCUT2D eigenvalue weighted by Gasteiger charge is 2.67. The summed E-state index contributed by atoms with van der Waals surface area (Å²) in [5.74, 6) is -1.27. The highest BCUT2D eigenvalue weighted by molar-refractivity contribution is 6.72. The van der Waals surface area contributed by atoms with Gasteiger partial charge in [-0.1, -0.05) is 85.8 Å². The van der Waals surface area contributed by atoms with Crippen molar-refractivity contribution in [1.29, 1.82) is 0 Å². The van der Waals surface area contributed by atoms with Crippen molar-refractivity contribution in [2.75, 3.05) is 18.1 Å². The Morgan fingerprint density at radius 2 is 1.63 bits per heavy atom. The van der Waals surface area contributed by atoms with E-state index in [1.807, 2.05) is 79.7 Å². The maximum atomic E-state index is 16.6. The van der Waals surface area contributed by atoms with Crippen LogP contribution in [0.5, 0.6) is 0 Å². The fourth-order valence-corrected chi connectivity index (χ4v) is 10.6. The van der Waals surface area contributed by atoms with Gasteiger partial charge in [-0.15, -0.1) is 0 Å². The molecule has 0 saturated carbocycles. The van der Waals surface area contributed by atoms with Crippen molar-refractivity contribution in [2.45, 2.75) is 56.8 Å². The van der Waals surface area contributed by atoms with Crippen LogP contribution >= 0.6 is 0 Å². The Kier molecular flexibility index (Phi) is 9.21. The summed E-state index contributed by atoms with van der Waals surface area (Å²) >= 11 is 0. The van der Waals surface area contributed by atoms with Crippen LogP contribution in [0.3, 0.4) is 0 Å². The normalized spacial score (nSPS) is 21.4. The van der Waals surface area contributed by atoms with Crippen LogP contribution in [0.15, 0.2) is 114 Å². The quantitative estimate of drug-likeness (QED) is 0.139. The third kappa shape index (κ3) is 6.19. The number of carbonyl (C=O) groups excluding carboxylic acids is 2. The average molecular weight is 705 g/mol. The molecule has 0 bridgehead atoms. The monoisotopic (exact) mass is 704 g/mol. The summed E-state index contributed by atoms with van der Waals surface area (Å²) in [6.45, 7) is 5.44.